The zero-order valence-corrected chi connectivity index (χ0v) is 14.2. The molecule has 3 aromatic rings. The minimum Gasteiger partial charge on any atom is -0.490 e. The summed E-state index contributed by atoms with van der Waals surface area (Å²) in [4.78, 5) is 4.44. The molecule has 1 aliphatic rings. The number of fused-ring (bicyclic) bond motifs is 1. The van der Waals surface area contributed by atoms with E-state index in [1.165, 1.54) is 5.69 Å². The van der Waals surface area contributed by atoms with Gasteiger partial charge >= 0.3 is 0 Å². The second kappa shape index (κ2) is 6.34. The first kappa shape index (κ1) is 14.7. The Bertz CT molecular complexity index is 796. The molecule has 1 aromatic carbocycles. The lowest BCUT2D eigenvalue weighted by molar-refractivity contribution is 0.0841. The number of aromatic nitrogens is 2. The first-order valence-corrected chi connectivity index (χ1v) is 8.64. The predicted octanol–water partition coefficient (Wildman–Crippen LogP) is 3.80. The van der Waals surface area contributed by atoms with Gasteiger partial charge in [-0.1, -0.05) is 34.1 Å². The number of rotatable bonds is 5. The largest absolute Gasteiger partial charge is 0.490 e. The molecule has 4 rings (SSSR count). The van der Waals surface area contributed by atoms with Gasteiger partial charge < -0.3 is 14.5 Å². The maximum atomic E-state index is 5.94. The number of hydrogen-bond donors (Lipinski definition) is 1. The average Bonchev–Trinajstić information content (AvgIpc) is 2.92. The van der Waals surface area contributed by atoms with Crippen molar-refractivity contribution in [2.24, 2.45) is 0 Å². The van der Waals surface area contributed by atoms with Gasteiger partial charge in [0.2, 0.25) is 0 Å². The van der Waals surface area contributed by atoms with Crippen molar-refractivity contribution in [3.63, 3.8) is 0 Å². The number of para-hydroxylation sites is 1. The Morgan fingerprint density at radius 2 is 2.04 bits per heavy atom. The summed E-state index contributed by atoms with van der Waals surface area (Å²) in [6.45, 7) is 0.825. The van der Waals surface area contributed by atoms with E-state index in [9.17, 15) is 0 Å². The van der Waals surface area contributed by atoms with Gasteiger partial charge in [0.1, 0.15) is 17.5 Å². The number of ether oxygens (including phenoxy) is 1. The van der Waals surface area contributed by atoms with E-state index in [0.29, 0.717) is 12.1 Å². The Hall–Kier alpha value is -1.85. The molecule has 2 heterocycles. The number of nitrogens with zero attached hydrogens (tertiary/aromatic N) is 2. The van der Waals surface area contributed by atoms with Gasteiger partial charge in [-0.15, -0.1) is 0 Å². The monoisotopic (exact) mass is 371 g/mol. The first-order chi connectivity index (χ1) is 11.3. The van der Waals surface area contributed by atoms with Crippen LogP contribution in [0.1, 0.15) is 18.5 Å². The van der Waals surface area contributed by atoms with Crippen molar-refractivity contribution in [1.82, 2.24) is 14.7 Å². The third-order valence-corrected chi connectivity index (χ3v) is 4.76. The standard InChI is InChI=1S/C18H18BrN3O/c19-13-6-7-22-15(12-21-18(22)8-13)11-20-14-9-17(10-14)23-16-4-2-1-3-5-16/h1-8,12,14,17,20H,9-11H2. The Balaban J connectivity index is 1.29. The van der Waals surface area contributed by atoms with Gasteiger partial charge in [-0.05, 0) is 37.1 Å². The molecule has 0 atom stereocenters. The zero-order valence-electron chi connectivity index (χ0n) is 12.7. The van der Waals surface area contributed by atoms with Crippen LogP contribution in [0.4, 0.5) is 0 Å². The smallest absolute Gasteiger partial charge is 0.138 e. The summed E-state index contributed by atoms with van der Waals surface area (Å²) >= 11 is 3.48. The zero-order chi connectivity index (χ0) is 15.6. The van der Waals surface area contributed by atoms with Gasteiger partial charge in [-0.3, -0.25) is 0 Å². The molecule has 4 nitrogen and oxygen atoms in total. The van der Waals surface area contributed by atoms with E-state index < -0.39 is 0 Å². The highest BCUT2D eigenvalue weighted by Gasteiger charge is 2.30. The molecule has 1 aliphatic carbocycles. The highest BCUT2D eigenvalue weighted by atomic mass is 79.9. The lowest BCUT2D eigenvalue weighted by Gasteiger charge is -2.36. The van der Waals surface area contributed by atoms with Gasteiger partial charge in [0.25, 0.3) is 0 Å². The molecule has 0 spiro atoms. The van der Waals surface area contributed by atoms with Crippen molar-refractivity contribution in [3.8, 4) is 5.75 Å². The maximum Gasteiger partial charge on any atom is 0.138 e. The summed E-state index contributed by atoms with van der Waals surface area (Å²) in [5.41, 5.74) is 2.15. The van der Waals surface area contributed by atoms with Crippen molar-refractivity contribution in [2.45, 2.75) is 31.5 Å². The van der Waals surface area contributed by atoms with Crippen molar-refractivity contribution in [3.05, 3.63) is 65.0 Å². The molecule has 0 unspecified atom stereocenters. The third kappa shape index (κ3) is 3.26. The molecule has 5 heteroatoms. The third-order valence-electron chi connectivity index (χ3n) is 4.26. The summed E-state index contributed by atoms with van der Waals surface area (Å²) in [6.07, 6.45) is 6.42. The summed E-state index contributed by atoms with van der Waals surface area (Å²) in [5.74, 6) is 0.961. The van der Waals surface area contributed by atoms with Gasteiger partial charge in [0.05, 0.1) is 11.9 Å². The van der Waals surface area contributed by atoms with Crippen LogP contribution < -0.4 is 10.1 Å². The molecule has 0 amide bonds. The van der Waals surface area contributed by atoms with Crippen LogP contribution in [0.15, 0.2) is 59.3 Å². The van der Waals surface area contributed by atoms with Crippen molar-refractivity contribution in [2.75, 3.05) is 0 Å². The van der Waals surface area contributed by atoms with E-state index in [1.807, 2.05) is 54.9 Å². The Labute approximate surface area is 143 Å². The van der Waals surface area contributed by atoms with Crippen molar-refractivity contribution in [1.29, 1.82) is 0 Å². The average molecular weight is 372 g/mol. The summed E-state index contributed by atoms with van der Waals surface area (Å²) < 4.78 is 9.11. The van der Waals surface area contributed by atoms with Crippen LogP contribution in [0, 0.1) is 0 Å². The second-order valence-corrected chi connectivity index (χ2v) is 6.84. The predicted molar refractivity (Wildman–Crippen MR) is 93.6 cm³/mol. The summed E-state index contributed by atoms with van der Waals surface area (Å²) in [6, 6.07) is 14.6. The summed E-state index contributed by atoms with van der Waals surface area (Å²) in [7, 11) is 0. The van der Waals surface area contributed by atoms with Crippen LogP contribution >= 0.6 is 15.9 Å². The van der Waals surface area contributed by atoms with E-state index in [2.05, 4.69) is 30.6 Å². The van der Waals surface area contributed by atoms with E-state index in [0.717, 1.165) is 35.3 Å². The van der Waals surface area contributed by atoms with E-state index in [-0.39, 0.29) is 0 Å². The van der Waals surface area contributed by atoms with Crippen molar-refractivity contribution < 1.29 is 4.74 Å². The molecule has 23 heavy (non-hydrogen) atoms. The highest BCUT2D eigenvalue weighted by Crippen LogP contribution is 2.26. The molecular formula is C18H18BrN3O. The Morgan fingerprint density at radius 1 is 1.22 bits per heavy atom. The molecule has 0 saturated heterocycles. The molecule has 1 fully saturated rings. The van der Waals surface area contributed by atoms with E-state index in [1.54, 1.807) is 0 Å². The number of hydrogen-bond acceptors (Lipinski definition) is 3. The van der Waals surface area contributed by atoms with Gasteiger partial charge in [-0.2, -0.15) is 0 Å². The summed E-state index contributed by atoms with van der Waals surface area (Å²) in [5, 5.41) is 3.59. The van der Waals surface area contributed by atoms with Gasteiger partial charge in [-0.25, -0.2) is 4.98 Å². The van der Waals surface area contributed by atoms with Crippen LogP contribution in [-0.2, 0) is 6.54 Å². The van der Waals surface area contributed by atoms with Gasteiger partial charge in [0.15, 0.2) is 0 Å². The molecule has 2 aromatic heterocycles. The minimum absolute atomic E-state index is 0.327. The SMILES string of the molecule is Brc1ccn2c(CNC3CC(Oc4ccccc4)C3)cnc2c1. The molecular weight excluding hydrogens is 354 g/mol. The quantitative estimate of drug-likeness (QED) is 0.741. The maximum absolute atomic E-state index is 5.94. The van der Waals surface area contributed by atoms with Crippen LogP contribution in [0.25, 0.3) is 5.65 Å². The number of imidazole rings is 1. The normalized spacial score (nSPS) is 20.4. The highest BCUT2D eigenvalue weighted by molar-refractivity contribution is 9.10. The first-order valence-electron chi connectivity index (χ1n) is 7.84. The van der Waals surface area contributed by atoms with Crippen LogP contribution in [0.3, 0.4) is 0 Å². The topological polar surface area (TPSA) is 38.6 Å². The fraction of sp³-hybridized carbons (Fsp3) is 0.278. The number of pyridine rings is 1. The Kier molecular flexibility index (Phi) is 4.06. The number of nitrogens with one attached hydrogen (secondary N) is 1. The lowest BCUT2D eigenvalue weighted by atomic mass is 9.89. The van der Waals surface area contributed by atoms with Crippen LogP contribution in [0.5, 0.6) is 5.75 Å². The van der Waals surface area contributed by atoms with Gasteiger partial charge in [0, 0.05) is 23.3 Å². The fourth-order valence-electron chi connectivity index (χ4n) is 2.91. The fourth-order valence-corrected chi connectivity index (χ4v) is 3.23. The molecule has 1 N–H and O–H groups in total. The van der Waals surface area contributed by atoms with E-state index in [4.69, 9.17) is 4.74 Å². The minimum atomic E-state index is 0.327. The van der Waals surface area contributed by atoms with E-state index >= 15 is 0 Å². The van der Waals surface area contributed by atoms with Crippen molar-refractivity contribution >= 4 is 21.6 Å². The molecule has 118 valence electrons. The molecule has 1 saturated carbocycles. The van der Waals surface area contributed by atoms with Crippen LogP contribution in [-0.4, -0.2) is 21.5 Å². The molecule has 0 aliphatic heterocycles. The second-order valence-electron chi connectivity index (χ2n) is 5.92. The number of benzene rings is 1. The molecule has 0 bridgehead atoms. The number of halogens is 1. The Morgan fingerprint density at radius 3 is 2.87 bits per heavy atom. The van der Waals surface area contributed by atoms with Crippen LogP contribution in [0.2, 0.25) is 0 Å². The lowest BCUT2D eigenvalue weighted by Crippen LogP contribution is -2.46. The molecule has 0 radical (unpaired) electrons.